The van der Waals surface area contributed by atoms with E-state index in [-0.39, 0.29) is 5.91 Å². The van der Waals surface area contributed by atoms with Gasteiger partial charge in [-0.2, -0.15) is 0 Å². The largest absolute Gasteiger partial charge is 0.441 e. The van der Waals surface area contributed by atoms with Gasteiger partial charge in [0.15, 0.2) is 11.5 Å². The number of fused-ring (bicyclic) bond motifs is 1. The number of carbonyl (C=O) groups excluding carboxylic acids is 1. The van der Waals surface area contributed by atoms with Gasteiger partial charge >= 0.3 is 0 Å². The molecule has 0 atom stereocenters. The number of aromatic nitrogens is 1. The predicted octanol–water partition coefficient (Wildman–Crippen LogP) is 2.64. The van der Waals surface area contributed by atoms with Crippen molar-refractivity contribution in [3.63, 3.8) is 0 Å². The molecule has 5 heteroatoms. The average molecular weight is 288 g/mol. The Morgan fingerprint density at radius 3 is 2.90 bits per heavy atom. The van der Waals surface area contributed by atoms with Gasteiger partial charge in [-0.3, -0.25) is 4.79 Å². The fraction of sp³-hybridized carbons (Fsp3) is 0.500. The van der Waals surface area contributed by atoms with Gasteiger partial charge in [0.1, 0.15) is 5.52 Å². The Morgan fingerprint density at radius 1 is 1.33 bits per heavy atom. The predicted molar refractivity (Wildman–Crippen MR) is 79.3 cm³/mol. The average Bonchev–Trinajstić information content (AvgIpc) is 2.95. The molecule has 1 aromatic heterocycles. The summed E-state index contributed by atoms with van der Waals surface area (Å²) in [5.74, 6) is 0.793. The molecule has 2 aromatic rings. The first-order valence-corrected chi connectivity index (χ1v) is 7.54. The molecule has 0 bridgehead atoms. The normalized spacial score (nSPS) is 15.6. The van der Waals surface area contributed by atoms with Gasteiger partial charge in [0.2, 0.25) is 0 Å². The summed E-state index contributed by atoms with van der Waals surface area (Å²) in [6.07, 6.45) is 3.02. The van der Waals surface area contributed by atoms with Gasteiger partial charge in [0.25, 0.3) is 5.91 Å². The Balaban J connectivity index is 1.81. The zero-order valence-corrected chi connectivity index (χ0v) is 12.3. The highest BCUT2D eigenvalue weighted by Gasteiger charge is 2.19. The van der Waals surface area contributed by atoms with E-state index in [1.54, 1.807) is 0 Å². The molecule has 0 spiro atoms. The van der Waals surface area contributed by atoms with Crippen LogP contribution < -0.4 is 0 Å². The van der Waals surface area contributed by atoms with Crippen LogP contribution in [-0.2, 0) is 11.2 Å². The number of morpholine rings is 1. The molecule has 0 radical (unpaired) electrons. The summed E-state index contributed by atoms with van der Waals surface area (Å²) in [7, 11) is 0. The molecule has 0 saturated carbocycles. The number of oxazole rings is 1. The number of hydrogen-bond donors (Lipinski definition) is 0. The highest BCUT2D eigenvalue weighted by atomic mass is 16.5. The van der Waals surface area contributed by atoms with E-state index >= 15 is 0 Å². The Kier molecular flexibility index (Phi) is 4.20. The highest BCUT2D eigenvalue weighted by molar-refractivity contribution is 5.97. The van der Waals surface area contributed by atoms with Gasteiger partial charge in [0.05, 0.1) is 13.2 Å². The molecular weight excluding hydrogens is 268 g/mol. The molecule has 112 valence electrons. The number of hydrogen-bond acceptors (Lipinski definition) is 4. The summed E-state index contributed by atoms with van der Waals surface area (Å²) in [5, 5.41) is 0. The first kappa shape index (κ1) is 14.1. The minimum Gasteiger partial charge on any atom is -0.441 e. The van der Waals surface area contributed by atoms with Crippen molar-refractivity contribution in [2.45, 2.75) is 26.2 Å². The molecule has 0 N–H and O–H groups in total. The lowest BCUT2D eigenvalue weighted by Gasteiger charge is -2.26. The van der Waals surface area contributed by atoms with Crippen molar-refractivity contribution in [2.75, 3.05) is 26.3 Å². The number of ether oxygens (including phenoxy) is 1. The van der Waals surface area contributed by atoms with Crippen LogP contribution in [0.3, 0.4) is 0 Å². The van der Waals surface area contributed by atoms with Crippen LogP contribution in [0.2, 0.25) is 0 Å². The number of nitrogens with zero attached hydrogens (tertiary/aromatic N) is 2. The Morgan fingerprint density at radius 2 is 2.14 bits per heavy atom. The molecule has 1 aliphatic rings. The minimum atomic E-state index is 0.0401. The zero-order chi connectivity index (χ0) is 14.7. The molecule has 5 nitrogen and oxygen atoms in total. The van der Waals surface area contributed by atoms with Crippen LogP contribution >= 0.6 is 0 Å². The van der Waals surface area contributed by atoms with Crippen LogP contribution in [0.5, 0.6) is 0 Å². The lowest BCUT2D eigenvalue weighted by molar-refractivity contribution is 0.0303. The molecular formula is C16H20N2O3. The van der Waals surface area contributed by atoms with E-state index in [9.17, 15) is 4.79 Å². The first-order chi connectivity index (χ1) is 10.3. The van der Waals surface area contributed by atoms with Gasteiger partial charge < -0.3 is 14.1 Å². The maximum Gasteiger partial charge on any atom is 0.254 e. The summed E-state index contributed by atoms with van der Waals surface area (Å²) >= 11 is 0. The quantitative estimate of drug-likeness (QED) is 0.868. The molecule has 21 heavy (non-hydrogen) atoms. The van der Waals surface area contributed by atoms with Crippen molar-refractivity contribution in [2.24, 2.45) is 0 Å². The maximum absolute atomic E-state index is 12.4. The number of carbonyl (C=O) groups is 1. The molecule has 2 heterocycles. The van der Waals surface area contributed by atoms with Crippen molar-refractivity contribution in [3.8, 4) is 0 Å². The van der Waals surface area contributed by atoms with E-state index in [4.69, 9.17) is 9.15 Å². The molecule has 0 unspecified atom stereocenters. The Labute approximate surface area is 123 Å². The molecule has 1 aliphatic heterocycles. The van der Waals surface area contributed by atoms with E-state index in [0.717, 1.165) is 36.3 Å². The van der Waals surface area contributed by atoms with Crippen LogP contribution in [0.1, 0.15) is 36.0 Å². The summed E-state index contributed by atoms with van der Waals surface area (Å²) < 4.78 is 11.0. The number of aryl methyl sites for hydroxylation is 1. The SMILES string of the molecule is CCCCc1nc2cc(C(=O)N3CCOCC3)ccc2o1. The van der Waals surface area contributed by atoms with E-state index in [0.29, 0.717) is 31.9 Å². The van der Waals surface area contributed by atoms with Gasteiger partial charge in [-0.1, -0.05) is 13.3 Å². The number of rotatable bonds is 4. The Bertz CT molecular complexity index is 629. The summed E-state index contributed by atoms with van der Waals surface area (Å²) in [6.45, 7) is 4.66. The van der Waals surface area contributed by atoms with E-state index < -0.39 is 0 Å². The molecule has 0 aliphatic carbocycles. The second kappa shape index (κ2) is 6.26. The number of amides is 1. The monoisotopic (exact) mass is 288 g/mol. The molecule has 1 fully saturated rings. The highest BCUT2D eigenvalue weighted by Crippen LogP contribution is 2.19. The third-order valence-corrected chi connectivity index (χ3v) is 3.72. The van der Waals surface area contributed by atoms with E-state index in [1.165, 1.54) is 0 Å². The second-order valence-electron chi connectivity index (χ2n) is 5.30. The van der Waals surface area contributed by atoms with Gasteiger partial charge in [-0.15, -0.1) is 0 Å². The summed E-state index contributed by atoms with van der Waals surface area (Å²) in [5.41, 5.74) is 2.18. The molecule has 1 aromatic carbocycles. The van der Waals surface area contributed by atoms with E-state index in [2.05, 4.69) is 11.9 Å². The number of benzene rings is 1. The van der Waals surface area contributed by atoms with Crippen LogP contribution in [0.15, 0.2) is 22.6 Å². The third-order valence-electron chi connectivity index (χ3n) is 3.72. The fourth-order valence-electron chi connectivity index (χ4n) is 2.49. The van der Waals surface area contributed by atoms with Crippen LogP contribution in [0, 0.1) is 0 Å². The van der Waals surface area contributed by atoms with E-state index in [1.807, 2.05) is 23.1 Å². The topological polar surface area (TPSA) is 55.6 Å². The van der Waals surface area contributed by atoms with Crippen molar-refractivity contribution >= 4 is 17.0 Å². The van der Waals surface area contributed by atoms with Crippen LogP contribution in [-0.4, -0.2) is 42.1 Å². The summed E-state index contributed by atoms with van der Waals surface area (Å²) in [6, 6.07) is 5.48. The first-order valence-electron chi connectivity index (χ1n) is 7.54. The van der Waals surface area contributed by atoms with Crippen LogP contribution in [0.4, 0.5) is 0 Å². The summed E-state index contributed by atoms with van der Waals surface area (Å²) in [4.78, 5) is 18.7. The van der Waals surface area contributed by atoms with Gasteiger partial charge in [-0.05, 0) is 24.6 Å². The van der Waals surface area contributed by atoms with Crippen molar-refractivity contribution in [1.29, 1.82) is 0 Å². The van der Waals surface area contributed by atoms with Crippen LogP contribution in [0.25, 0.3) is 11.1 Å². The van der Waals surface area contributed by atoms with Crippen molar-refractivity contribution in [1.82, 2.24) is 9.88 Å². The second-order valence-corrected chi connectivity index (χ2v) is 5.30. The number of unbranched alkanes of at least 4 members (excludes halogenated alkanes) is 1. The maximum atomic E-state index is 12.4. The van der Waals surface area contributed by atoms with Gasteiger partial charge in [0, 0.05) is 25.1 Å². The third kappa shape index (κ3) is 3.08. The smallest absolute Gasteiger partial charge is 0.254 e. The standard InChI is InChI=1S/C16H20N2O3/c1-2-3-4-15-17-13-11-12(5-6-14(13)21-15)16(19)18-7-9-20-10-8-18/h5-6,11H,2-4,7-10H2,1H3. The van der Waals surface area contributed by atoms with Gasteiger partial charge in [-0.25, -0.2) is 4.98 Å². The molecule has 3 rings (SSSR count). The molecule has 1 saturated heterocycles. The fourth-order valence-corrected chi connectivity index (χ4v) is 2.49. The van der Waals surface area contributed by atoms with Crippen molar-refractivity contribution < 1.29 is 13.9 Å². The van der Waals surface area contributed by atoms with Crippen molar-refractivity contribution in [3.05, 3.63) is 29.7 Å². The zero-order valence-electron chi connectivity index (χ0n) is 12.3. The lowest BCUT2D eigenvalue weighted by Crippen LogP contribution is -2.40. The minimum absolute atomic E-state index is 0.0401. The Hall–Kier alpha value is -1.88. The lowest BCUT2D eigenvalue weighted by atomic mass is 10.1. The molecule has 1 amide bonds.